The summed E-state index contributed by atoms with van der Waals surface area (Å²) < 4.78 is 4.57. The van der Waals surface area contributed by atoms with Gasteiger partial charge in [-0.05, 0) is 19.3 Å². The fourth-order valence-electron chi connectivity index (χ4n) is 1.72. The van der Waals surface area contributed by atoms with Gasteiger partial charge in [0.2, 0.25) is 0 Å². The van der Waals surface area contributed by atoms with Gasteiger partial charge in [-0.15, -0.1) is 11.3 Å². The highest BCUT2D eigenvalue weighted by molar-refractivity contribution is 7.13. The number of carbonyl (C=O) groups is 2. The van der Waals surface area contributed by atoms with Gasteiger partial charge in [0.05, 0.1) is 18.3 Å². The zero-order valence-electron chi connectivity index (χ0n) is 12.1. The molecular weight excluding hydrogens is 276 g/mol. The van der Waals surface area contributed by atoms with Gasteiger partial charge < -0.3 is 10.1 Å². The van der Waals surface area contributed by atoms with Crippen LogP contribution in [0.4, 0.5) is 0 Å². The summed E-state index contributed by atoms with van der Waals surface area (Å²) in [6, 6.07) is 0. The van der Waals surface area contributed by atoms with Crippen LogP contribution in [0.3, 0.4) is 0 Å². The maximum atomic E-state index is 11.8. The lowest BCUT2D eigenvalue weighted by atomic mass is 10.1. The van der Waals surface area contributed by atoms with Crippen molar-refractivity contribution >= 4 is 23.2 Å². The second-order valence-electron chi connectivity index (χ2n) is 4.47. The first-order chi connectivity index (χ1) is 9.67. The van der Waals surface area contributed by atoms with Crippen LogP contribution < -0.4 is 5.32 Å². The fourth-order valence-corrected chi connectivity index (χ4v) is 2.49. The Labute approximate surface area is 123 Å². The van der Waals surface area contributed by atoms with Gasteiger partial charge in [-0.2, -0.15) is 0 Å². The minimum absolute atomic E-state index is 0.0447. The third-order valence-corrected chi connectivity index (χ3v) is 4.04. The van der Waals surface area contributed by atoms with Crippen molar-refractivity contribution in [1.29, 1.82) is 0 Å². The molecule has 0 bridgehead atoms. The molecule has 1 amide bonds. The van der Waals surface area contributed by atoms with E-state index in [0.717, 1.165) is 37.1 Å². The Morgan fingerprint density at radius 2 is 2.05 bits per heavy atom. The SMILES string of the molecule is CCc1ncc(C(=O)NCCCCCCC(=O)OC)s1. The van der Waals surface area contributed by atoms with Crippen LogP contribution in [0.2, 0.25) is 0 Å². The third-order valence-electron chi connectivity index (χ3n) is 2.90. The fraction of sp³-hybridized carbons (Fsp3) is 0.643. The maximum Gasteiger partial charge on any atom is 0.305 e. The van der Waals surface area contributed by atoms with Crippen LogP contribution in [0, 0.1) is 0 Å². The standard InChI is InChI=1S/C14H22N2O3S/c1-3-12-16-10-11(20-12)14(18)15-9-7-5-4-6-8-13(17)19-2/h10H,3-9H2,1-2H3,(H,15,18). The molecule has 0 saturated heterocycles. The number of esters is 1. The summed E-state index contributed by atoms with van der Waals surface area (Å²) in [5.41, 5.74) is 0. The normalized spacial score (nSPS) is 10.3. The first-order valence-corrected chi connectivity index (χ1v) is 7.78. The summed E-state index contributed by atoms with van der Waals surface area (Å²) in [7, 11) is 1.40. The van der Waals surface area contributed by atoms with Crippen LogP contribution in [0.25, 0.3) is 0 Å². The second kappa shape index (κ2) is 9.47. The van der Waals surface area contributed by atoms with E-state index in [4.69, 9.17) is 0 Å². The Morgan fingerprint density at radius 3 is 2.70 bits per heavy atom. The molecule has 1 aromatic rings. The van der Waals surface area contributed by atoms with Crippen molar-refractivity contribution in [2.45, 2.75) is 45.4 Å². The second-order valence-corrected chi connectivity index (χ2v) is 5.58. The highest BCUT2D eigenvalue weighted by Crippen LogP contribution is 2.13. The first kappa shape index (κ1) is 16.6. The molecule has 1 N–H and O–H groups in total. The van der Waals surface area contributed by atoms with Crippen LogP contribution >= 0.6 is 11.3 Å². The van der Waals surface area contributed by atoms with Crippen LogP contribution in [-0.2, 0) is 16.0 Å². The van der Waals surface area contributed by atoms with Gasteiger partial charge in [-0.3, -0.25) is 9.59 Å². The molecule has 0 unspecified atom stereocenters. The van der Waals surface area contributed by atoms with E-state index in [2.05, 4.69) is 15.0 Å². The molecule has 1 rings (SSSR count). The molecule has 0 aromatic carbocycles. The minimum Gasteiger partial charge on any atom is -0.469 e. The Bertz CT molecular complexity index is 432. The lowest BCUT2D eigenvalue weighted by Gasteiger charge is -2.03. The number of hydrogen-bond acceptors (Lipinski definition) is 5. The molecule has 0 aliphatic heterocycles. The van der Waals surface area contributed by atoms with Crippen molar-refractivity contribution in [3.05, 3.63) is 16.1 Å². The Kier molecular flexibility index (Phi) is 7.87. The van der Waals surface area contributed by atoms with E-state index in [1.807, 2.05) is 6.92 Å². The van der Waals surface area contributed by atoms with Gasteiger partial charge >= 0.3 is 5.97 Å². The topological polar surface area (TPSA) is 68.3 Å². The number of ether oxygens (including phenoxy) is 1. The Hall–Kier alpha value is -1.43. The summed E-state index contributed by atoms with van der Waals surface area (Å²) in [5.74, 6) is -0.202. The molecule has 5 nitrogen and oxygen atoms in total. The average molecular weight is 298 g/mol. The molecule has 0 aliphatic carbocycles. The molecule has 0 saturated carbocycles. The van der Waals surface area contributed by atoms with Gasteiger partial charge in [0.15, 0.2) is 0 Å². The van der Waals surface area contributed by atoms with Crippen LogP contribution in [-0.4, -0.2) is 30.5 Å². The lowest BCUT2D eigenvalue weighted by Crippen LogP contribution is -2.23. The number of rotatable bonds is 9. The summed E-state index contributed by atoms with van der Waals surface area (Å²) in [6.45, 7) is 2.69. The van der Waals surface area contributed by atoms with Gasteiger partial charge in [0.25, 0.3) is 5.91 Å². The van der Waals surface area contributed by atoms with Crippen LogP contribution in [0.15, 0.2) is 6.20 Å². The molecule has 0 radical (unpaired) electrons. The van der Waals surface area contributed by atoms with Crippen molar-refractivity contribution in [2.75, 3.05) is 13.7 Å². The van der Waals surface area contributed by atoms with E-state index >= 15 is 0 Å². The summed E-state index contributed by atoms with van der Waals surface area (Å²) in [4.78, 5) is 27.5. The van der Waals surface area contributed by atoms with Crippen LogP contribution in [0.5, 0.6) is 0 Å². The van der Waals surface area contributed by atoms with E-state index in [-0.39, 0.29) is 11.9 Å². The van der Waals surface area contributed by atoms with Crippen molar-refractivity contribution in [2.24, 2.45) is 0 Å². The van der Waals surface area contributed by atoms with Gasteiger partial charge in [0.1, 0.15) is 4.88 Å². The molecule has 0 fully saturated rings. The monoisotopic (exact) mass is 298 g/mol. The van der Waals surface area contributed by atoms with Gasteiger partial charge in [-0.1, -0.05) is 19.8 Å². The zero-order chi connectivity index (χ0) is 14.8. The van der Waals surface area contributed by atoms with Crippen molar-refractivity contribution < 1.29 is 14.3 Å². The summed E-state index contributed by atoms with van der Waals surface area (Å²) in [6.07, 6.45) is 6.71. The Balaban J connectivity index is 2.06. The maximum absolute atomic E-state index is 11.8. The average Bonchev–Trinajstić information content (AvgIpc) is 2.94. The van der Waals surface area contributed by atoms with Crippen molar-refractivity contribution in [3.8, 4) is 0 Å². The van der Waals surface area contributed by atoms with E-state index in [1.54, 1.807) is 6.20 Å². The van der Waals surface area contributed by atoms with Crippen molar-refractivity contribution in [3.63, 3.8) is 0 Å². The lowest BCUT2D eigenvalue weighted by molar-refractivity contribution is -0.140. The molecule has 20 heavy (non-hydrogen) atoms. The Morgan fingerprint density at radius 1 is 1.30 bits per heavy atom. The molecule has 0 aliphatic rings. The number of methoxy groups -OCH3 is 1. The largest absolute Gasteiger partial charge is 0.469 e. The highest BCUT2D eigenvalue weighted by atomic mass is 32.1. The molecule has 112 valence electrons. The smallest absolute Gasteiger partial charge is 0.305 e. The predicted octanol–water partition coefficient (Wildman–Crippen LogP) is 2.56. The number of nitrogens with zero attached hydrogens (tertiary/aromatic N) is 1. The molecule has 1 aromatic heterocycles. The molecular formula is C14H22N2O3S. The summed E-state index contributed by atoms with van der Waals surface area (Å²) >= 11 is 1.44. The molecule has 1 heterocycles. The molecule has 0 spiro atoms. The third kappa shape index (κ3) is 6.14. The predicted molar refractivity (Wildman–Crippen MR) is 78.9 cm³/mol. The number of carbonyl (C=O) groups excluding carboxylic acids is 2. The number of amides is 1. The summed E-state index contributed by atoms with van der Waals surface area (Å²) in [5, 5.41) is 3.87. The zero-order valence-corrected chi connectivity index (χ0v) is 12.9. The number of aryl methyl sites for hydroxylation is 1. The van der Waals surface area contributed by atoms with E-state index < -0.39 is 0 Å². The highest BCUT2D eigenvalue weighted by Gasteiger charge is 2.08. The van der Waals surface area contributed by atoms with E-state index in [9.17, 15) is 9.59 Å². The van der Waals surface area contributed by atoms with E-state index in [1.165, 1.54) is 18.4 Å². The van der Waals surface area contributed by atoms with Gasteiger partial charge in [0, 0.05) is 13.0 Å². The van der Waals surface area contributed by atoms with Crippen LogP contribution in [0.1, 0.15) is 53.7 Å². The molecule has 0 atom stereocenters. The quantitative estimate of drug-likeness (QED) is 0.562. The number of aromatic nitrogens is 1. The minimum atomic E-state index is -0.157. The van der Waals surface area contributed by atoms with Crippen molar-refractivity contribution in [1.82, 2.24) is 10.3 Å². The van der Waals surface area contributed by atoms with E-state index in [0.29, 0.717) is 17.8 Å². The number of hydrogen-bond donors (Lipinski definition) is 1. The number of thiazole rings is 1. The van der Waals surface area contributed by atoms with Gasteiger partial charge in [-0.25, -0.2) is 4.98 Å². The molecule has 6 heteroatoms. The number of nitrogens with one attached hydrogen (secondary N) is 1. The first-order valence-electron chi connectivity index (χ1n) is 6.97. The number of unbranched alkanes of at least 4 members (excludes halogenated alkanes) is 3.